The Hall–Kier alpha value is -1.39. The van der Waals surface area contributed by atoms with Crippen molar-refractivity contribution >= 4 is 10.9 Å². The summed E-state index contributed by atoms with van der Waals surface area (Å²) in [6.07, 6.45) is 2.55. The topological polar surface area (TPSA) is 41.3 Å². The molecular weight excluding hydrogens is 238 g/mol. The maximum absolute atomic E-state index is 10.8. The van der Waals surface area contributed by atoms with Crippen molar-refractivity contribution in [2.75, 3.05) is 20.1 Å². The van der Waals surface area contributed by atoms with Crippen molar-refractivity contribution in [3.8, 4) is 0 Å². The number of hydrogen-bond donors (Lipinski definition) is 1. The number of hydrogen-bond acceptors (Lipinski definition) is 3. The summed E-state index contributed by atoms with van der Waals surface area (Å²) in [7, 11) is 4.03. The summed E-state index contributed by atoms with van der Waals surface area (Å²) in [5.74, 6) is 0. The van der Waals surface area contributed by atoms with Gasteiger partial charge < -0.3 is 10.0 Å². The standard InChI is InChI=1S/C15H21N3O/c1-17-9-5-8-15(19,11-17)10-13-12-6-3-4-7-14(12)18(2)16-13/h3-4,6-7,19H,5,8-11H2,1-2H3. The van der Waals surface area contributed by atoms with Crippen LogP contribution >= 0.6 is 0 Å². The van der Waals surface area contributed by atoms with E-state index in [-0.39, 0.29) is 0 Å². The highest BCUT2D eigenvalue weighted by Crippen LogP contribution is 2.27. The fourth-order valence-corrected chi connectivity index (χ4v) is 3.21. The summed E-state index contributed by atoms with van der Waals surface area (Å²) in [5, 5.41) is 16.5. The average molecular weight is 259 g/mol. The van der Waals surface area contributed by atoms with Crippen molar-refractivity contribution in [1.82, 2.24) is 14.7 Å². The molecule has 0 radical (unpaired) electrons. The molecule has 0 amide bonds. The number of nitrogens with zero attached hydrogens (tertiary/aromatic N) is 3. The quantitative estimate of drug-likeness (QED) is 0.890. The molecule has 19 heavy (non-hydrogen) atoms. The first-order chi connectivity index (χ1) is 9.07. The van der Waals surface area contributed by atoms with Gasteiger partial charge in [0.05, 0.1) is 16.8 Å². The second kappa shape index (κ2) is 4.62. The van der Waals surface area contributed by atoms with E-state index < -0.39 is 5.60 Å². The zero-order chi connectivity index (χ0) is 13.5. The van der Waals surface area contributed by atoms with E-state index in [0.29, 0.717) is 6.42 Å². The third-order valence-electron chi connectivity index (χ3n) is 4.08. The summed E-state index contributed by atoms with van der Waals surface area (Å²) in [6, 6.07) is 8.22. The van der Waals surface area contributed by atoms with Crippen LogP contribution in [0.5, 0.6) is 0 Å². The molecule has 1 atom stereocenters. The number of β-amino-alcohol motifs (C(OH)–C–C–N with tert-alkyl or cyclic N) is 1. The molecule has 1 saturated heterocycles. The molecule has 1 aliphatic heterocycles. The Morgan fingerprint density at radius 2 is 2.11 bits per heavy atom. The average Bonchev–Trinajstić information content (AvgIpc) is 2.66. The fourth-order valence-electron chi connectivity index (χ4n) is 3.21. The van der Waals surface area contributed by atoms with Gasteiger partial charge in [-0.15, -0.1) is 0 Å². The smallest absolute Gasteiger partial charge is 0.0830 e. The molecule has 3 rings (SSSR count). The molecule has 1 N–H and O–H groups in total. The molecule has 4 nitrogen and oxygen atoms in total. The largest absolute Gasteiger partial charge is 0.388 e. The van der Waals surface area contributed by atoms with E-state index in [1.807, 2.05) is 23.9 Å². The maximum atomic E-state index is 10.8. The van der Waals surface area contributed by atoms with Crippen molar-refractivity contribution in [1.29, 1.82) is 0 Å². The molecule has 1 aromatic carbocycles. The van der Waals surface area contributed by atoms with Crippen LogP contribution in [-0.2, 0) is 13.5 Å². The predicted octanol–water partition coefficient (Wildman–Crippen LogP) is 1.57. The van der Waals surface area contributed by atoms with Crippen LogP contribution in [-0.4, -0.2) is 45.5 Å². The SMILES string of the molecule is CN1CCCC(O)(Cc2nn(C)c3ccccc23)C1. The van der Waals surface area contributed by atoms with Crippen LogP contribution in [0, 0.1) is 0 Å². The van der Waals surface area contributed by atoms with Gasteiger partial charge >= 0.3 is 0 Å². The molecule has 0 spiro atoms. The van der Waals surface area contributed by atoms with Gasteiger partial charge in [-0.1, -0.05) is 18.2 Å². The molecule has 0 bridgehead atoms. The van der Waals surface area contributed by atoms with Crippen LogP contribution in [0.4, 0.5) is 0 Å². The summed E-state index contributed by atoms with van der Waals surface area (Å²) in [4.78, 5) is 2.20. The van der Waals surface area contributed by atoms with E-state index in [2.05, 4.69) is 29.2 Å². The molecule has 4 heteroatoms. The molecule has 0 saturated carbocycles. The Balaban J connectivity index is 1.93. The van der Waals surface area contributed by atoms with Crippen molar-refractivity contribution in [2.45, 2.75) is 24.9 Å². The maximum Gasteiger partial charge on any atom is 0.0830 e. The Kier molecular flexibility index (Phi) is 3.07. The van der Waals surface area contributed by atoms with Gasteiger partial charge in [0.2, 0.25) is 0 Å². The van der Waals surface area contributed by atoms with E-state index >= 15 is 0 Å². The van der Waals surface area contributed by atoms with E-state index in [9.17, 15) is 5.11 Å². The van der Waals surface area contributed by atoms with Gasteiger partial charge in [-0.2, -0.15) is 5.10 Å². The van der Waals surface area contributed by atoms with Gasteiger partial charge in [-0.3, -0.25) is 4.68 Å². The number of piperidine rings is 1. The Bertz CT molecular complexity index is 592. The summed E-state index contributed by atoms with van der Waals surface area (Å²) < 4.78 is 1.90. The summed E-state index contributed by atoms with van der Waals surface area (Å²) in [5.41, 5.74) is 1.51. The zero-order valence-corrected chi connectivity index (χ0v) is 11.6. The lowest BCUT2D eigenvalue weighted by Crippen LogP contribution is -2.47. The van der Waals surface area contributed by atoms with Crippen molar-refractivity contribution in [3.63, 3.8) is 0 Å². The van der Waals surface area contributed by atoms with Crippen LogP contribution in [0.3, 0.4) is 0 Å². The summed E-state index contributed by atoms with van der Waals surface area (Å²) >= 11 is 0. The van der Waals surface area contributed by atoms with Crippen LogP contribution in [0.2, 0.25) is 0 Å². The molecule has 2 aromatic rings. The fraction of sp³-hybridized carbons (Fsp3) is 0.533. The highest BCUT2D eigenvalue weighted by Gasteiger charge is 2.33. The lowest BCUT2D eigenvalue weighted by molar-refractivity contribution is -0.0229. The molecular formula is C15H21N3O. The number of likely N-dealkylation sites (N-methyl/N-ethyl adjacent to an activating group) is 1. The highest BCUT2D eigenvalue weighted by molar-refractivity contribution is 5.81. The van der Waals surface area contributed by atoms with E-state index in [0.717, 1.165) is 42.5 Å². The first-order valence-electron chi connectivity index (χ1n) is 6.89. The third kappa shape index (κ3) is 2.38. The van der Waals surface area contributed by atoms with E-state index in [1.165, 1.54) is 0 Å². The monoisotopic (exact) mass is 259 g/mol. The Labute approximate surface area is 113 Å². The van der Waals surface area contributed by atoms with Gasteiger partial charge in [0, 0.05) is 25.4 Å². The molecule has 0 aliphatic carbocycles. The highest BCUT2D eigenvalue weighted by atomic mass is 16.3. The molecule has 1 fully saturated rings. The minimum atomic E-state index is -0.635. The summed E-state index contributed by atoms with van der Waals surface area (Å²) in [6.45, 7) is 1.81. The first kappa shape index (κ1) is 12.6. The third-order valence-corrected chi connectivity index (χ3v) is 4.08. The number of para-hydroxylation sites is 1. The molecule has 1 aromatic heterocycles. The van der Waals surface area contributed by atoms with Crippen molar-refractivity contribution < 1.29 is 5.11 Å². The molecule has 2 heterocycles. The lowest BCUT2D eigenvalue weighted by Gasteiger charge is -2.37. The second-order valence-electron chi connectivity index (χ2n) is 5.83. The molecule has 1 aliphatic rings. The number of fused-ring (bicyclic) bond motifs is 1. The van der Waals surface area contributed by atoms with Crippen molar-refractivity contribution in [3.05, 3.63) is 30.0 Å². The van der Waals surface area contributed by atoms with Crippen LogP contribution in [0.25, 0.3) is 10.9 Å². The van der Waals surface area contributed by atoms with Crippen molar-refractivity contribution in [2.24, 2.45) is 7.05 Å². The number of aryl methyl sites for hydroxylation is 1. The van der Waals surface area contributed by atoms with Crippen LogP contribution in [0.1, 0.15) is 18.5 Å². The van der Waals surface area contributed by atoms with E-state index in [1.54, 1.807) is 0 Å². The van der Waals surface area contributed by atoms with Gasteiger partial charge in [-0.25, -0.2) is 0 Å². The molecule has 102 valence electrons. The van der Waals surface area contributed by atoms with E-state index in [4.69, 9.17) is 0 Å². The number of rotatable bonds is 2. The predicted molar refractivity (Wildman–Crippen MR) is 76.1 cm³/mol. The Morgan fingerprint density at radius 1 is 1.32 bits per heavy atom. The molecule has 1 unspecified atom stereocenters. The Morgan fingerprint density at radius 3 is 2.89 bits per heavy atom. The van der Waals surface area contributed by atoms with Crippen LogP contribution < -0.4 is 0 Å². The van der Waals surface area contributed by atoms with Gasteiger partial charge in [0.15, 0.2) is 0 Å². The van der Waals surface area contributed by atoms with Gasteiger partial charge in [-0.05, 0) is 32.5 Å². The lowest BCUT2D eigenvalue weighted by atomic mass is 9.88. The minimum Gasteiger partial charge on any atom is -0.388 e. The first-order valence-corrected chi connectivity index (χ1v) is 6.89. The number of likely N-dealkylation sites (tertiary alicyclic amines) is 1. The normalized spacial score (nSPS) is 25.0. The van der Waals surface area contributed by atoms with Gasteiger partial charge in [0.25, 0.3) is 0 Å². The van der Waals surface area contributed by atoms with Gasteiger partial charge in [0.1, 0.15) is 0 Å². The number of benzene rings is 1. The number of aromatic nitrogens is 2. The second-order valence-corrected chi connectivity index (χ2v) is 5.83. The number of aliphatic hydroxyl groups is 1. The zero-order valence-electron chi connectivity index (χ0n) is 11.6. The minimum absolute atomic E-state index is 0.635. The van der Waals surface area contributed by atoms with Crippen LogP contribution in [0.15, 0.2) is 24.3 Å².